The summed E-state index contributed by atoms with van der Waals surface area (Å²) in [7, 11) is 3.38. The predicted octanol–water partition coefficient (Wildman–Crippen LogP) is 12.2. The molecule has 0 bridgehead atoms. The van der Waals surface area contributed by atoms with Gasteiger partial charge in [-0.15, -0.1) is 9.24 Å². The third-order valence-electron chi connectivity index (χ3n) is 7.58. The van der Waals surface area contributed by atoms with Gasteiger partial charge in [0.25, 0.3) is 0 Å². The second kappa shape index (κ2) is 26.0. The van der Waals surface area contributed by atoms with Crippen LogP contribution in [0.25, 0.3) is 0 Å². The predicted molar refractivity (Wildman–Crippen MR) is 154 cm³/mol. The first-order chi connectivity index (χ1) is 15.7. The lowest BCUT2D eigenvalue weighted by Gasteiger charge is -2.30. The van der Waals surface area contributed by atoms with Crippen molar-refractivity contribution in [2.45, 2.75) is 199 Å². The quantitative estimate of drug-likeness (QED) is 0.0830. The smallest absolute Gasteiger partial charge is 0.0150 e. The van der Waals surface area contributed by atoms with Gasteiger partial charge >= 0.3 is 0 Å². The standard InChI is InChI=1S/C31H65P/c1-4-7-10-13-16-19-22-25-28-31(32,29-26-23-20-17-14-11-8-5-2)30-27-24-21-18-15-12-9-6-3/h4-30,32H2,1-3H3. The highest BCUT2D eigenvalue weighted by molar-refractivity contribution is 7.19. The summed E-state index contributed by atoms with van der Waals surface area (Å²) < 4.78 is 0. The fourth-order valence-electron chi connectivity index (χ4n) is 5.21. The molecule has 0 aromatic rings. The van der Waals surface area contributed by atoms with Crippen LogP contribution >= 0.6 is 9.24 Å². The van der Waals surface area contributed by atoms with E-state index in [0.717, 1.165) is 0 Å². The van der Waals surface area contributed by atoms with E-state index in [9.17, 15) is 0 Å². The summed E-state index contributed by atoms with van der Waals surface area (Å²) in [6.07, 6.45) is 39.2. The first-order valence-corrected chi connectivity index (χ1v) is 16.0. The molecule has 1 atom stereocenters. The van der Waals surface area contributed by atoms with Gasteiger partial charge in [-0.3, -0.25) is 0 Å². The van der Waals surface area contributed by atoms with Gasteiger partial charge in [-0.05, 0) is 24.4 Å². The second-order valence-corrected chi connectivity index (χ2v) is 12.3. The molecular weight excluding hydrogens is 403 g/mol. The van der Waals surface area contributed by atoms with Gasteiger partial charge in [-0.2, -0.15) is 0 Å². The van der Waals surface area contributed by atoms with Crippen LogP contribution in [0.1, 0.15) is 194 Å². The molecule has 0 amide bonds. The third-order valence-corrected chi connectivity index (χ3v) is 8.45. The fourth-order valence-corrected chi connectivity index (χ4v) is 5.82. The minimum absolute atomic E-state index is 0.548. The Morgan fingerprint density at radius 3 is 0.719 bits per heavy atom. The SMILES string of the molecule is CCCCCCCCCCC(P)(CCCCCCCCCC)CCCCCCCCCC. The Hall–Kier alpha value is 0.430. The number of hydrogen-bond acceptors (Lipinski definition) is 0. The van der Waals surface area contributed by atoms with Crippen LogP contribution in [0, 0.1) is 0 Å². The van der Waals surface area contributed by atoms with Crippen LogP contribution < -0.4 is 0 Å². The van der Waals surface area contributed by atoms with Gasteiger partial charge in [0.15, 0.2) is 0 Å². The summed E-state index contributed by atoms with van der Waals surface area (Å²) in [6, 6.07) is 0. The van der Waals surface area contributed by atoms with Crippen molar-refractivity contribution < 1.29 is 0 Å². The molecule has 0 radical (unpaired) electrons. The monoisotopic (exact) mass is 468 g/mol. The van der Waals surface area contributed by atoms with Crippen molar-refractivity contribution in [1.82, 2.24) is 0 Å². The molecule has 0 aliphatic carbocycles. The topological polar surface area (TPSA) is 0 Å². The van der Waals surface area contributed by atoms with Crippen LogP contribution in [0.3, 0.4) is 0 Å². The molecule has 0 aromatic heterocycles. The molecule has 0 saturated heterocycles. The van der Waals surface area contributed by atoms with Crippen LogP contribution in [-0.4, -0.2) is 5.16 Å². The van der Waals surface area contributed by atoms with Crippen LogP contribution in [-0.2, 0) is 0 Å². The van der Waals surface area contributed by atoms with Crippen molar-refractivity contribution in [2.75, 3.05) is 0 Å². The van der Waals surface area contributed by atoms with Gasteiger partial charge in [0.05, 0.1) is 0 Å². The molecule has 0 heterocycles. The molecule has 0 N–H and O–H groups in total. The molecular formula is C31H65P. The van der Waals surface area contributed by atoms with Gasteiger partial charge in [0.2, 0.25) is 0 Å². The Kier molecular flexibility index (Phi) is 26.4. The maximum Gasteiger partial charge on any atom is -0.0150 e. The van der Waals surface area contributed by atoms with E-state index in [1.54, 1.807) is 0 Å². The zero-order chi connectivity index (χ0) is 23.6. The molecule has 0 aliphatic rings. The molecule has 32 heavy (non-hydrogen) atoms. The molecule has 0 nitrogen and oxygen atoms in total. The summed E-state index contributed by atoms with van der Waals surface area (Å²) in [5.41, 5.74) is 0. The Labute approximate surface area is 208 Å². The van der Waals surface area contributed by atoms with E-state index in [0.29, 0.717) is 5.16 Å². The summed E-state index contributed by atoms with van der Waals surface area (Å²) in [5, 5.41) is 0.548. The fraction of sp³-hybridized carbons (Fsp3) is 1.00. The molecule has 1 unspecified atom stereocenters. The van der Waals surface area contributed by atoms with Crippen molar-refractivity contribution in [3.63, 3.8) is 0 Å². The van der Waals surface area contributed by atoms with Crippen LogP contribution in [0.15, 0.2) is 0 Å². The average molecular weight is 469 g/mol. The molecule has 0 saturated carbocycles. The van der Waals surface area contributed by atoms with Crippen LogP contribution in [0.4, 0.5) is 0 Å². The van der Waals surface area contributed by atoms with Crippen molar-refractivity contribution in [3.05, 3.63) is 0 Å². The van der Waals surface area contributed by atoms with Gasteiger partial charge in [-0.25, -0.2) is 0 Å². The maximum atomic E-state index is 3.38. The lowest BCUT2D eigenvalue weighted by atomic mass is 9.88. The summed E-state index contributed by atoms with van der Waals surface area (Å²) in [5.74, 6) is 0. The van der Waals surface area contributed by atoms with E-state index in [1.807, 2.05) is 0 Å². The highest BCUT2D eigenvalue weighted by atomic mass is 31.0. The van der Waals surface area contributed by atoms with Gasteiger partial charge in [-0.1, -0.05) is 175 Å². The Bertz CT molecular complexity index is 287. The summed E-state index contributed by atoms with van der Waals surface area (Å²) in [4.78, 5) is 0. The second-order valence-electron chi connectivity index (χ2n) is 11.0. The van der Waals surface area contributed by atoms with E-state index in [1.165, 1.54) is 173 Å². The molecule has 0 rings (SSSR count). The highest BCUT2D eigenvalue weighted by Gasteiger charge is 2.23. The average Bonchev–Trinajstić information content (AvgIpc) is 2.79. The van der Waals surface area contributed by atoms with E-state index in [-0.39, 0.29) is 0 Å². The number of unbranched alkanes of at least 4 members (excludes halogenated alkanes) is 21. The van der Waals surface area contributed by atoms with Crippen molar-refractivity contribution in [1.29, 1.82) is 0 Å². The van der Waals surface area contributed by atoms with E-state index < -0.39 is 0 Å². The van der Waals surface area contributed by atoms with Crippen LogP contribution in [0.2, 0.25) is 0 Å². The summed E-state index contributed by atoms with van der Waals surface area (Å²) >= 11 is 0. The summed E-state index contributed by atoms with van der Waals surface area (Å²) in [6.45, 7) is 6.95. The van der Waals surface area contributed by atoms with E-state index in [4.69, 9.17) is 0 Å². The number of hydrogen-bond donors (Lipinski definition) is 0. The van der Waals surface area contributed by atoms with Crippen molar-refractivity contribution in [2.24, 2.45) is 0 Å². The largest absolute Gasteiger partial charge is 0.131 e. The van der Waals surface area contributed by atoms with Gasteiger partial charge < -0.3 is 0 Å². The lowest BCUT2D eigenvalue weighted by molar-refractivity contribution is 0.401. The van der Waals surface area contributed by atoms with Gasteiger partial charge in [0.1, 0.15) is 0 Å². The first kappa shape index (κ1) is 32.4. The molecule has 194 valence electrons. The maximum absolute atomic E-state index is 3.38. The molecule has 0 spiro atoms. The zero-order valence-electron chi connectivity index (χ0n) is 23.2. The lowest BCUT2D eigenvalue weighted by Crippen LogP contribution is -2.20. The molecule has 1 heteroatoms. The molecule has 0 aliphatic heterocycles. The first-order valence-electron chi connectivity index (χ1n) is 15.5. The highest BCUT2D eigenvalue weighted by Crippen LogP contribution is 2.37. The van der Waals surface area contributed by atoms with Crippen molar-refractivity contribution in [3.8, 4) is 0 Å². The normalized spacial score (nSPS) is 12.0. The Morgan fingerprint density at radius 1 is 0.312 bits per heavy atom. The Morgan fingerprint density at radius 2 is 0.500 bits per heavy atom. The Balaban J connectivity index is 4.04. The third kappa shape index (κ3) is 23.6. The van der Waals surface area contributed by atoms with Gasteiger partial charge in [0, 0.05) is 0 Å². The minimum Gasteiger partial charge on any atom is -0.131 e. The van der Waals surface area contributed by atoms with Crippen LogP contribution in [0.5, 0.6) is 0 Å². The molecule has 0 fully saturated rings. The van der Waals surface area contributed by atoms with E-state index >= 15 is 0 Å². The zero-order valence-corrected chi connectivity index (χ0v) is 24.3. The number of rotatable bonds is 27. The van der Waals surface area contributed by atoms with Crippen molar-refractivity contribution >= 4 is 9.24 Å². The minimum atomic E-state index is 0.548. The molecule has 0 aromatic carbocycles. The van der Waals surface area contributed by atoms with E-state index in [2.05, 4.69) is 30.0 Å².